The quantitative estimate of drug-likeness (QED) is 0.694. The van der Waals surface area contributed by atoms with Crippen molar-refractivity contribution >= 4 is 11.7 Å². The smallest absolute Gasteiger partial charge is 0.356 e. The number of aryl methyl sites for hydroxylation is 2. The van der Waals surface area contributed by atoms with Gasteiger partial charge in [0, 0.05) is 25.0 Å². The van der Waals surface area contributed by atoms with Crippen molar-refractivity contribution in [3.63, 3.8) is 0 Å². The zero-order valence-electron chi connectivity index (χ0n) is 12.3. The van der Waals surface area contributed by atoms with E-state index in [2.05, 4.69) is 18.0 Å². The number of imidazole rings is 2. The molecule has 2 heterocycles. The highest BCUT2D eigenvalue weighted by atomic mass is 16.5. The molecule has 0 spiro atoms. The Balaban J connectivity index is 2.07. The predicted molar refractivity (Wildman–Crippen MR) is 80.3 cm³/mol. The maximum absolute atomic E-state index is 11.9. The van der Waals surface area contributed by atoms with Crippen molar-refractivity contribution in [3.05, 3.63) is 47.9 Å². The van der Waals surface area contributed by atoms with Crippen LogP contribution in [-0.2, 0) is 11.8 Å². The average molecular weight is 283 g/mol. The molecule has 0 unspecified atom stereocenters. The first kappa shape index (κ1) is 13.4. The number of ether oxygens (including phenoxy) is 1. The average Bonchev–Trinajstić information content (AvgIpc) is 3.00. The molecule has 3 aromatic rings. The van der Waals surface area contributed by atoms with Gasteiger partial charge in [-0.15, -0.1) is 0 Å². The lowest BCUT2D eigenvalue weighted by Crippen LogP contribution is -2.09. The Labute approximate surface area is 122 Å². The molecule has 0 amide bonds. The van der Waals surface area contributed by atoms with E-state index < -0.39 is 0 Å². The minimum absolute atomic E-state index is 0.331. The molecule has 5 heteroatoms. The first-order valence-electron chi connectivity index (χ1n) is 6.89. The van der Waals surface area contributed by atoms with Gasteiger partial charge in [-0.1, -0.05) is 24.3 Å². The lowest BCUT2D eigenvalue weighted by molar-refractivity contribution is 0.0515. The van der Waals surface area contributed by atoms with Gasteiger partial charge in [-0.25, -0.2) is 9.78 Å². The van der Waals surface area contributed by atoms with Gasteiger partial charge in [0.15, 0.2) is 0 Å². The van der Waals surface area contributed by atoms with Gasteiger partial charge in [0.25, 0.3) is 0 Å². The molecule has 21 heavy (non-hydrogen) atoms. The Morgan fingerprint density at radius 2 is 2.05 bits per heavy atom. The van der Waals surface area contributed by atoms with Crippen LogP contribution in [0.5, 0.6) is 0 Å². The number of rotatable bonds is 3. The summed E-state index contributed by atoms with van der Waals surface area (Å²) >= 11 is 0. The Hall–Kier alpha value is -2.56. The molecule has 0 aliphatic heterocycles. The van der Waals surface area contributed by atoms with Crippen molar-refractivity contribution in [1.82, 2.24) is 14.0 Å². The highest BCUT2D eigenvalue weighted by molar-refractivity contribution is 5.88. The summed E-state index contributed by atoms with van der Waals surface area (Å²) in [6, 6.07) is 8.11. The van der Waals surface area contributed by atoms with E-state index in [1.165, 1.54) is 5.56 Å². The molecule has 0 fully saturated rings. The van der Waals surface area contributed by atoms with Gasteiger partial charge < -0.3 is 9.30 Å². The van der Waals surface area contributed by atoms with Crippen LogP contribution in [0, 0.1) is 6.92 Å². The Morgan fingerprint density at radius 3 is 2.71 bits per heavy atom. The van der Waals surface area contributed by atoms with E-state index in [1.807, 2.05) is 35.8 Å². The molecule has 0 saturated heterocycles. The van der Waals surface area contributed by atoms with E-state index in [0.717, 1.165) is 17.0 Å². The first-order valence-corrected chi connectivity index (χ1v) is 6.89. The van der Waals surface area contributed by atoms with E-state index >= 15 is 0 Å². The lowest BCUT2D eigenvalue weighted by atomic mass is 10.1. The van der Waals surface area contributed by atoms with Gasteiger partial charge in [0.05, 0.1) is 12.3 Å². The van der Waals surface area contributed by atoms with E-state index in [0.29, 0.717) is 12.3 Å². The van der Waals surface area contributed by atoms with Crippen LogP contribution >= 0.6 is 0 Å². The van der Waals surface area contributed by atoms with Gasteiger partial charge in [-0.05, 0) is 19.4 Å². The number of carbonyl (C=O) groups excluding carboxylic acids is 1. The fourth-order valence-corrected chi connectivity index (χ4v) is 2.44. The number of benzene rings is 1. The van der Waals surface area contributed by atoms with E-state index in [1.54, 1.807) is 17.7 Å². The summed E-state index contributed by atoms with van der Waals surface area (Å²) in [6.07, 6.45) is 3.68. The summed E-state index contributed by atoms with van der Waals surface area (Å²) in [7, 11) is 1.82. The fourth-order valence-electron chi connectivity index (χ4n) is 2.44. The molecular formula is C16H17N3O2. The van der Waals surface area contributed by atoms with E-state index in [9.17, 15) is 4.79 Å². The number of esters is 1. The number of nitrogens with zero attached hydrogens (tertiary/aromatic N) is 3. The minimum Gasteiger partial charge on any atom is -0.461 e. The summed E-state index contributed by atoms with van der Waals surface area (Å²) in [4.78, 5) is 16.5. The summed E-state index contributed by atoms with van der Waals surface area (Å²) in [5, 5.41) is 0. The topological polar surface area (TPSA) is 48.5 Å². The summed E-state index contributed by atoms with van der Waals surface area (Å²) in [5.74, 6) is 0.388. The van der Waals surface area contributed by atoms with E-state index in [4.69, 9.17) is 4.74 Å². The van der Waals surface area contributed by atoms with E-state index in [-0.39, 0.29) is 5.97 Å². The highest BCUT2D eigenvalue weighted by Crippen LogP contribution is 2.23. The molecule has 0 N–H and O–H groups in total. The Bertz CT molecular complexity index is 814. The molecule has 0 aliphatic carbocycles. The van der Waals surface area contributed by atoms with Crippen LogP contribution in [0.4, 0.5) is 0 Å². The Morgan fingerprint density at radius 1 is 1.29 bits per heavy atom. The molecule has 0 bridgehead atoms. The van der Waals surface area contributed by atoms with Crippen molar-refractivity contribution in [3.8, 4) is 11.3 Å². The summed E-state index contributed by atoms with van der Waals surface area (Å²) in [5.41, 5.74) is 3.66. The lowest BCUT2D eigenvalue weighted by Gasteiger charge is -2.02. The van der Waals surface area contributed by atoms with Gasteiger partial charge in [-0.2, -0.15) is 0 Å². The second kappa shape index (κ2) is 5.09. The van der Waals surface area contributed by atoms with Gasteiger partial charge in [0.2, 0.25) is 5.78 Å². The van der Waals surface area contributed by atoms with Crippen LogP contribution in [0.3, 0.4) is 0 Å². The molecule has 0 aliphatic rings. The van der Waals surface area contributed by atoms with Crippen LogP contribution in [0.15, 0.2) is 36.7 Å². The molecule has 1 aromatic carbocycles. The second-order valence-corrected chi connectivity index (χ2v) is 4.94. The summed E-state index contributed by atoms with van der Waals surface area (Å²) in [6.45, 7) is 4.21. The van der Waals surface area contributed by atoms with Crippen molar-refractivity contribution < 1.29 is 9.53 Å². The largest absolute Gasteiger partial charge is 0.461 e. The third-order valence-corrected chi connectivity index (χ3v) is 3.54. The van der Waals surface area contributed by atoms with Crippen LogP contribution in [0.2, 0.25) is 0 Å². The first-order chi connectivity index (χ1) is 10.1. The highest BCUT2D eigenvalue weighted by Gasteiger charge is 2.17. The fraction of sp³-hybridized carbons (Fsp3) is 0.250. The zero-order valence-corrected chi connectivity index (χ0v) is 12.3. The zero-order chi connectivity index (χ0) is 15.0. The number of hydrogen-bond acceptors (Lipinski definition) is 3. The standard InChI is InChI=1S/C16H17N3O2/c1-4-21-15(20)14-10-19-9-13(17-16(19)18(14)3)12-8-6-5-7-11(12)2/h5-10H,4H2,1-3H3. The van der Waals surface area contributed by atoms with Gasteiger partial charge in [0.1, 0.15) is 5.69 Å². The monoisotopic (exact) mass is 283 g/mol. The van der Waals surface area contributed by atoms with Crippen LogP contribution in [0.25, 0.3) is 17.0 Å². The van der Waals surface area contributed by atoms with Crippen LogP contribution < -0.4 is 0 Å². The number of fused-ring (bicyclic) bond motifs is 1. The van der Waals surface area contributed by atoms with Crippen LogP contribution in [0.1, 0.15) is 23.0 Å². The molecule has 2 aromatic heterocycles. The molecule has 3 rings (SSSR count). The number of carbonyl (C=O) groups is 1. The SMILES string of the molecule is CCOC(=O)c1cn2cc(-c3ccccc3C)nc2n1C. The maximum Gasteiger partial charge on any atom is 0.356 e. The second-order valence-electron chi connectivity index (χ2n) is 4.94. The van der Waals surface area contributed by atoms with Crippen LogP contribution in [-0.4, -0.2) is 26.5 Å². The Kier molecular flexibility index (Phi) is 3.25. The molecule has 0 saturated carbocycles. The minimum atomic E-state index is -0.331. The van der Waals surface area contributed by atoms with Crippen molar-refractivity contribution in [2.45, 2.75) is 13.8 Å². The molecule has 0 atom stereocenters. The molecule has 108 valence electrons. The predicted octanol–water partition coefficient (Wildman–Crippen LogP) is 2.82. The maximum atomic E-state index is 11.9. The van der Waals surface area contributed by atoms with Gasteiger partial charge >= 0.3 is 5.97 Å². The van der Waals surface area contributed by atoms with Crippen molar-refractivity contribution in [2.75, 3.05) is 6.61 Å². The third-order valence-electron chi connectivity index (χ3n) is 3.54. The number of aromatic nitrogens is 3. The third kappa shape index (κ3) is 2.20. The van der Waals surface area contributed by atoms with Crippen molar-refractivity contribution in [2.24, 2.45) is 7.05 Å². The normalized spacial score (nSPS) is 11.0. The molecule has 5 nitrogen and oxygen atoms in total. The van der Waals surface area contributed by atoms with Crippen molar-refractivity contribution in [1.29, 1.82) is 0 Å². The summed E-state index contributed by atoms with van der Waals surface area (Å²) < 4.78 is 8.65. The number of hydrogen-bond donors (Lipinski definition) is 0. The molecule has 0 radical (unpaired) electrons. The molecular weight excluding hydrogens is 266 g/mol. The van der Waals surface area contributed by atoms with Gasteiger partial charge in [-0.3, -0.25) is 4.40 Å².